The van der Waals surface area contributed by atoms with Crippen LogP contribution in [0.15, 0.2) is 12.5 Å². The molecule has 17 heavy (non-hydrogen) atoms. The minimum atomic E-state index is 0.307. The summed E-state index contributed by atoms with van der Waals surface area (Å²) in [6.07, 6.45) is 7.38. The van der Waals surface area contributed by atoms with Gasteiger partial charge < -0.3 is 15.0 Å². The molecule has 4 heteroatoms. The van der Waals surface area contributed by atoms with Gasteiger partial charge in [0, 0.05) is 31.4 Å². The second-order valence-corrected chi connectivity index (χ2v) is 5.25. The first kappa shape index (κ1) is 12.6. The maximum Gasteiger partial charge on any atom is 0.0951 e. The van der Waals surface area contributed by atoms with Gasteiger partial charge in [-0.3, -0.25) is 0 Å². The number of hydrogen-bond acceptors (Lipinski definition) is 3. The molecule has 2 N–H and O–H groups in total. The smallest absolute Gasteiger partial charge is 0.0951 e. The Morgan fingerprint density at radius 3 is 3.06 bits per heavy atom. The molecule has 0 radical (unpaired) electrons. The third kappa shape index (κ3) is 2.87. The molecule has 1 aliphatic rings. The Kier molecular flexibility index (Phi) is 4.18. The van der Waals surface area contributed by atoms with E-state index in [-0.39, 0.29) is 0 Å². The molecule has 2 unspecified atom stereocenters. The van der Waals surface area contributed by atoms with E-state index >= 15 is 0 Å². The molecular formula is C13H23N3O. The average Bonchev–Trinajstić information content (AvgIpc) is 2.94. The van der Waals surface area contributed by atoms with Gasteiger partial charge in [0.05, 0.1) is 12.0 Å². The largest absolute Gasteiger partial charge is 0.396 e. The SMILES string of the molecule is CC(C)n1cncc1CNC1CCCC1CO. The Bertz CT molecular complexity index is 348. The summed E-state index contributed by atoms with van der Waals surface area (Å²) in [5.74, 6) is 0.436. The second-order valence-electron chi connectivity index (χ2n) is 5.25. The van der Waals surface area contributed by atoms with Crippen LogP contribution in [0.3, 0.4) is 0 Å². The number of aliphatic hydroxyl groups excluding tert-OH is 1. The van der Waals surface area contributed by atoms with Crippen LogP contribution in [0, 0.1) is 5.92 Å². The van der Waals surface area contributed by atoms with Crippen molar-refractivity contribution >= 4 is 0 Å². The van der Waals surface area contributed by atoms with Crippen molar-refractivity contribution in [2.24, 2.45) is 5.92 Å². The quantitative estimate of drug-likeness (QED) is 0.819. The Hall–Kier alpha value is -0.870. The zero-order valence-corrected chi connectivity index (χ0v) is 10.8. The van der Waals surface area contributed by atoms with E-state index in [2.05, 4.69) is 28.7 Å². The van der Waals surface area contributed by atoms with Crippen LogP contribution in [-0.2, 0) is 6.54 Å². The summed E-state index contributed by atoms with van der Waals surface area (Å²) < 4.78 is 2.19. The Morgan fingerprint density at radius 1 is 1.53 bits per heavy atom. The lowest BCUT2D eigenvalue weighted by atomic mass is 10.1. The summed E-state index contributed by atoms with van der Waals surface area (Å²) in [6, 6.07) is 0.919. The van der Waals surface area contributed by atoms with Crippen molar-refractivity contribution in [2.45, 2.75) is 51.7 Å². The Balaban J connectivity index is 1.91. The van der Waals surface area contributed by atoms with Crippen molar-refractivity contribution in [3.05, 3.63) is 18.2 Å². The molecule has 0 aliphatic heterocycles. The normalized spacial score (nSPS) is 24.7. The maximum atomic E-state index is 9.28. The molecule has 0 amide bonds. The van der Waals surface area contributed by atoms with Crippen molar-refractivity contribution in [3.63, 3.8) is 0 Å². The predicted molar refractivity (Wildman–Crippen MR) is 67.7 cm³/mol. The zero-order valence-electron chi connectivity index (χ0n) is 10.8. The molecule has 2 atom stereocenters. The summed E-state index contributed by atoms with van der Waals surface area (Å²) >= 11 is 0. The van der Waals surface area contributed by atoms with Gasteiger partial charge >= 0.3 is 0 Å². The van der Waals surface area contributed by atoms with E-state index in [1.54, 1.807) is 0 Å². The van der Waals surface area contributed by atoms with E-state index in [0.717, 1.165) is 13.0 Å². The van der Waals surface area contributed by atoms with Gasteiger partial charge in [-0.1, -0.05) is 6.42 Å². The molecule has 1 aromatic rings. The predicted octanol–water partition coefficient (Wildman–Crippen LogP) is 1.71. The van der Waals surface area contributed by atoms with Gasteiger partial charge in [0.15, 0.2) is 0 Å². The summed E-state index contributed by atoms with van der Waals surface area (Å²) in [5.41, 5.74) is 1.23. The second kappa shape index (κ2) is 5.65. The van der Waals surface area contributed by atoms with Crippen molar-refractivity contribution < 1.29 is 5.11 Å². The van der Waals surface area contributed by atoms with Crippen LogP contribution in [-0.4, -0.2) is 27.3 Å². The van der Waals surface area contributed by atoms with E-state index in [0.29, 0.717) is 24.6 Å². The lowest BCUT2D eigenvalue weighted by molar-refractivity contribution is 0.204. The van der Waals surface area contributed by atoms with Gasteiger partial charge in [-0.15, -0.1) is 0 Å². The topological polar surface area (TPSA) is 50.1 Å². The van der Waals surface area contributed by atoms with E-state index in [4.69, 9.17) is 0 Å². The summed E-state index contributed by atoms with van der Waals surface area (Å²) in [5, 5.41) is 12.8. The summed E-state index contributed by atoms with van der Waals surface area (Å²) in [4.78, 5) is 4.20. The van der Waals surface area contributed by atoms with E-state index in [9.17, 15) is 5.11 Å². The molecule has 1 heterocycles. The molecule has 1 aromatic heterocycles. The fourth-order valence-electron chi connectivity index (χ4n) is 2.69. The molecule has 1 fully saturated rings. The minimum Gasteiger partial charge on any atom is -0.396 e. The van der Waals surface area contributed by atoms with Crippen LogP contribution in [0.2, 0.25) is 0 Å². The Labute approximate surface area is 103 Å². The van der Waals surface area contributed by atoms with Crippen LogP contribution in [0.5, 0.6) is 0 Å². The number of rotatable bonds is 5. The van der Waals surface area contributed by atoms with Crippen molar-refractivity contribution in [2.75, 3.05) is 6.61 Å². The van der Waals surface area contributed by atoms with Gasteiger partial charge in [-0.2, -0.15) is 0 Å². The number of hydrogen-bond donors (Lipinski definition) is 2. The van der Waals surface area contributed by atoms with E-state index < -0.39 is 0 Å². The van der Waals surface area contributed by atoms with Gasteiger partial charge in [-0.25, -0.2) is 4.98 Å². The highest BCUT2D eigenvalue weighted by Crippen LogP contribution is 2.25. The van der Waals surface area contributed by atoms with Crippen LogP contribution in [0.4, 0.5) is 0 Å². The van der Waals surface area contributed by atoms with Gasteiger partial charge in [-0.05, 0) is 32.6 Å². The first-order valence-electron chi connectivity index (χ1n) is 6.57. The third-order valence-corrected chi connectivity index (χ3v) is 3.74. The molecular weight excluding hydrogens is 214 g/mol. The lowest BCUT2D eigenvalue weighted by Gasteiger charge is -2.20. The van der Waals surface area contributed by atoms with Crippen molar-refractivity contribution in [1.29, 1.82) is 0 Å². The number of aromatic nitrogens is 2. The zero-order chi connectivity index (χ0) is 12.3. The maximum absolute atomic E-state index is 9.28. The highest BCUT2D eigenvalue weighted by Gasteiger charge is 2.26. The molecule has 0 spiro atoms. The average molecular weight is 237 g/mol. The van der Waals surface area contributed by atoms with Gasteiger partial charge in [0.1, 0.15) is 0 Å². The first-order valence-corrected chi connectivity index (χ1v) is 6.57. The molecule has 1 aliphatic carbocycles. The number of imidazole rings is 1. The van der Waals surface area contributed by atoms with Crippen LogP contribution < -0.4 is 5.32 Å². The monoisotopic (exact) mass is 237 g/mol. The first-order chi connectivity index (χ1) is 8.22. The number of nitrogens with zero attached hydrogens (tertiary/aromatic N) is 2. The number of aliphatic hydroxyl groups is 1. The molecule has 96 valence electrons. The molecule has 0 bridgehead atoms. The van der Waals surface area contributed by atoms with E-state index in [1.807, 2.05) is 12.5 Å². The van der Waals surface area contributed by atoms with E-state index in [1.165, 1.54) is 18.5 Å². The summed E-state index contributed by atoms with van der Waals surface area (Å²) in [6.45, 7) is 5.48. The van der Waals surface area contributed by atoms with Gasteiger partial charge in [0.2, 0.25) is 0 Å². The fourth-order valence-corrected chi connectivity index (χ4v) is 2.69. The molecule has 2 rings (SSSR count). The van der Waals surface area contributed by atoms with Crippen molar-refractivity contribution in [3.8, 4) is 0 Å². The standard InChI is InChI=1S/C13H23N3O/c1-10(2)16-9-14-6-12(16)7-15-13-5-3-4-11(13)8-17/h6,9-11,13,15,17H,3-5,7-8H2,1-2H3. The van der Waals surface area contributed by atoms with Crippen LogP contribution in [0.1, 0.15) is 44.8 Å². The lowest BCUT2D eigenvalue weighted by Crippen LogP contribution is -2.34. The van der Waals surface area contributed by atoms with Gasteiger partial charge in [0.25, 0.3) is 0 Å². The summed E-state index contributed by atoms with van der Waals surface area (Å²) in [7, 11) is 0. The van der Waals surface area contributed by atoms with Crippen LogP contribution in [0.25, 0.3) is 0 Å². The molecule has 1 saturated carbocycles. The number of nitrogens with one attached hydrogen (secondary N) is 1. The fraction of sp³-hybridized carbons (Fsp3) is 0.769. The van der Waals surface area contributed by atoms with Crippen LogP contribution >= 0.6 is 0 Å². The molecule has 0 saturated heterocycles. The minimum absolute atomic E-state index is 0.307. The van der Waals surface area contributed by atoms with Crippen molar-refractivity contribution in [1.82, 2.24) is 14.9 Å². The third-order valence-electron chi connectivity index (χ3n) is 3.74. The highest BCUT2D eigenvalue weighted by atomic mass is 16.3. The molecule has 4 nitrogen and oxygen atoms in total. The Morgan fingerprint density at radius 2 is 2.35 bits per heavy atom. The highest BCUT2D eigenvalue weighted by molar-refractivity contribution is 5.00. The molecule has 0 aromatic carbocycles.